The molecule has 3 heterocycles. The number of hydrogen-bond acceptors (Lipinski definition) is 4. The first-order valence-electron chi connectivity index (χ1n) is 13.2. The second kappa shape index (κ2) is 9.07. The van der Waals surface area contributed by atoms with Crippen LogP contribution in [0.2, 0.25) is 0 Å². The molecule has 0 fully saturated rings. The van der Waals surface area contributed by atoms with Gasteiger partial charge in [-0.2, -0.15) is 0 Å². The summed E-state index contributed by atoms with van der Waals surface area (Å²) < 4.78 is 13.1. The lowest BCUT2D eigenvalue weighted by atomic mass is 9.96. The molecular weight excluding hydrogens is 492 g/mol. The van der Waals surface area contributed by atoms with Gasteiger partial charge in [0.05, 0.1) is 11.4 Å². The topological polar surface area (TPSA) is 48.2 Å². The Balaban J connectivity index is 1.39. The minimum atomic E-state index is 0.740. The number of benzene rings is 5. The highest BCUT2D eigenvalue weighted by Crippen LogP contribution is 2.42. The van der Waals surface area contributed by atoms with Gasteiger partial charge in [0.25, 0.3) is 0 Å². The summed E-state index contributed by atoms with van der Waals surface area (Å²) in [5.41, 5.74) is 5.52. The van der Waals surface area contributed by atoms with E-state index in [1.807, 2.05) is 79.0 Å². The number of nitrogens with zero attached hydrogens (tertiary/aromatic N) is 2. The smallest absolute Gasteiger partial charge is 0.143 e. The van der Waals surface area contributed by atoms with Gasteiger partial charge in [0.15, 0.2) is 0 Å². The lowest BCUT2D eigenvalue weighted by Crippen LogP contribution is -1.91. The van der Waals surface area contributed by atoms with Crippen LogP contribution in [0.3, 0.4) is 0 Å². The van der Waals surface area contributed by atoms with E-state index in [0.717, 1.165) is 77.5 Å². The number of pyridine rings is 2. The molecule has 0 bridgehead atoms. The second-order valence-corrected chi connectivity index (χ2v) is 9.83. The maximum absolute atomic E-state index is 6.65. The average molecular weight is 515 g/mol. The molecule has 0 aliphatic rings. The Bertz CT molecular complexity index is 2190. The number of hydrogen-bond donors (Lipinski definition) is 0. The highest BCUT2D eigenvalue weighted by atomic mass is 16.5. The lowest BCUT2D eigenvalue weighted by molar-refractivity contribution is 0.489. The number of fused-ring (bicyclic) bond motifs is 7. The van der Waals surface area contributed by atoms with Crippen LogP contribution in [0.4, 0.5) is 0 Å². The van der Waals surface area contributed by atoms with Crippen molar-refractivity contribution in [1.29, 1.82) is 0 Å². The van der Waals surface area contributed by atoms with Crippen LogP contribution in [0.5, 0.6) is 11.5 Å². The summed E-state index contributed by atoms with van der Waals surface area (Å²) in [4.78, 5) is 9.16. The van der Waals surface area contributed by atoms with Crippen LogP contribution in [0.25, 0.3) is 66.0 Å². The largest absolute Gasteiger partial charge is 0.457 e. The van der Waals surface area contributed by atoms with Gasteiger partial charge >= 0.3 is 0 Å². The fraction of sp³-hybridized carbons (Fsp3) is 0. The quantitative estimate of drug-likeness (QED) is 0.219. The Morgan fingerprint density at radius 2 is 1.27 bits per heavy atom. The molecule has 0 radical (unpaired) electrons. The third-order valence-electron chi connectivity index (χ3n) is 7.40. The summed E-state index contributed by atoms with van der Waals surface area (Å²) in [7, 11) is 0. The monoisotopic (exact) mass is 514 g/mol. The SMILES string of the molecule is c1ccc(-c2cccc(Oc3cc(-c4ccccn4)cc4c3ccc3ccc5c6ccccc6oc5c34)c2)nc1. The van der Waals surface area contributed by atoms with Gasteiger partial charge in [-0.25, -0.2) is 0 Å². The van der Waals surface area contributed by atoms with Gasteiger partial charge in [-0.15, -0.1) is 0 Å². The van der Waals surface area contributed by atoms with Crippen molar-refractivity contribution in [2.75, 3.05) is 0 Å². The van der Waals surface area contributed by atoms with Crippen LogP contribution >= 0.6 is 0 Å². The minimum Gasteiger partial charge on any atom is -0.457 e. The molecule has 3 aromatic heterocycles. The fourth-order valence-electron chi connectivity index (χ4n) is 5.54. The molecule has 188 valence electrons. The molecule has 8 rings (SSSR count). The number of rotatable bonds is 4. The van der Waals surface area contributed by atoms with Crippen LogP contribution < -0.4 is 4.74 Å². The molecule has 0 spiro atoms. The first-order valence-corrected chi connectivity index (χ1v) is 13.2. The highest BCUT2D eigenvalue weighted by Gasteiger charge is 2.16. The van der Waals surface area contributed by atoms with E-state index in [1.165, 1.54) is 0 Å². The van der Waals surface area contributed by atoms with E-state index in [0.29, 0.717) is 0 Å². The predicted octanol–water partition coefficient (Wildman–Crippen LogP) is 9.81. The molecule has 0 N–H and O–H groups in total. The normalized spacial score (nSPS) is 11.5. The van der Waals surface area contributed by atoms with E-state index in [9.17, 15) is 0 Å². The van der Waals surface area contributed by atoms with Crippen LogP contribution in [0, 0.1) is 0 Å². The molecule has 4 heteroatoms. The summed E-state index contributed by atoms with van der Waals surface area (Å²) in [6.45, 7) is 0. The zero-order valence-corrected chi connectivity index (χ0v) is 21.4. The molecule has 0 saturated carbocycles. The van der Waals surface area contributed by atoms with Crippen LogP contribution in [-0.2, 0) is 0 Å². The molecule has 0 aliphatic carbocycles. The zero-order valence-electron chi connectivity index (χ0n) is 21.4. The average Bonchev–Trinajstić information content (AvgIpc) is 3.41. The number of ether oxygens (including phenoxy) is 1. The predicted molar refractivity (Wildman–Crippen MR) is 162 cm³/mol. The maximum Gasteiger partial charge on any atom is 0.143 e. The summed E-state index contributed by atoms with van der Waals surface area (Å²) >= 11 is 0. The third kappa shape index (κ3) is 3.69. The fourth-order valence-corrected chi connectivity index (χ4v) is 5.54. The van der Waals surface area contributed by atoms with Gasteiger partial charge in [0.2, 0.25) is 0 Å². The van der Waals surface area contributed by atoms with E-state index >= 15 is 0 Å². The summed E-state index contributed by atoms with van der Waals surface area (Å²) in [5.74, 6) is 1.50. The Morgan fingerprint density at radius 1 is 0.525 bits per heavy atom. The molecule has 0 unspecified atom stereocenters. The summed E-state index contributed by atoms with van der Waals surface area (Å²) in [6.07, 6.45) is 3.62. The molecular formula is C36H22N2O2. The number of aromatic nitrogens is 2. The Morgan fingerprint density at radius 3 is 2.08 bits per heavy atom. The van der Waals surface area contributed by atoms with Crippen molar-refractivity contribution in [3.63, 3.8) is 0 Å². The Kier molecular flexibility index (Phi) is 5.10. The van der Waals surface area contributed by atoms with Crippen molar-refractivity contribution < 1.29 is 9.15 Å². The van der Waals surface area contributed by atoms with Crippen molar-refractivity contribution in [2.45, 2.75) is 0 Å². The van der Waals surface area contributed by atoms with Crippen LogP contribution in [0.15, 0.2) is 138 Å². The lowest BCUT2D eigenvalue weighted by Gasteiger charge is -2.14. The second-order valence-electron chi connectivity index (χ2n) is 9.83. The van der Waals surface area contributed by atoms with Crippen LogP contribution in [0.1, 0.15) is 0 Å². The summed E-state index contributed by atoms with van der Waals surface area (Å²) in [6, 6.07) is 41.0. The standard InChI is InChI=1S/C36H22N2O2/c1-2-13-33-27(10-1)29-17-15-23-14-16-28-30(35(23)36(29)40-33)21-25(32-12-4-6-19-38-32)22-34(28)39-26-9-7-8-24(20-26)31-11-3-5-18-37-31/h1-22H. The van der Waals surface area contributed by atoms with Crippen molar-refractivity contribution in [3.05, 3.63) is 134 Å². The van der Waals surface area contributed by atoms with Crippen molar-refractivity contribution in [2.24, 2.45) is 0 Å². The highest BCUT2D eigenvalue weighted by molar-refractivity contribution is 6.24. The Labute approximate surface area is 230 Å². The van der Waals surface area contributed by atoms with E-state index < -0.39 is 0 Å². The minimum absolute atomic E-state index is 0.740. The van der Waals surface area contributed by atoms with E-state index in [-0.39, 0.29) is 0 Å². The zero-order chi connectivity index (χ0) is 26.5. The number of furan rings is 1. The molecule has 0 amide bonds. The van der Waals surface area contributed by atoms with Crippen LogP contribution in [-0.4, -0.2) is 9.97 Å². The van der Waals surface area contributed by atoms with Crippen molar-refractivity contribution >= 4 is 43.5 Å². The molecule has 4 nitrogen and oxygen atoms in total. The molecule has 40 heavy (non-hydrogen) atoms. The maximum atomic E-state index is 6.65. The molecule has 0 atom stereocenters. The Hall–Kier alpha value is -5.48. The number of para-hydroxylation sites is 1. The van der Waals surface area contributed by atoms with Gasteiger partial charge in [-0.05, 0) is 77.5 Å². The van der Waals surface area contributed by atoms with Gasteiger partial charge in [0.1, 0.15) is 22.7 Å². The van der Waals surface area contributed by atoms with Crippen molar-refractivity contribution in [3.8, 4) is 34.0 Å². The van der Waals surface area contributed by atoms with E-state index in [2.05, 4.69) is 58.5 Å². The molecule has 0 aliphatic heterocycles. The van der Waals surface area contributed by atoms with Gasteiger partial charge in [-0.1, -0.05) is 54.6 Å². The first-order chi connectivity index (χ1) is 19.8. The molecule has 5 aromatic carbocycles. The molecule has 8 aromatic rings. The van der Waals surface area contributed by atoms with Gasteiger partial charge in [-0.3, -0.25) is 9.97 Å². The third-order valence-corrected chi connectivity index (χ3v) is 7.40. The summed E-state index contributed by atoms with van der Waals surface area (Å²) in [5, 5.41) is 6.45. The van der Waals surface area contributed by atoms with E-state index in [1.54, 1.807) is 6.20 Å². The van der Waals surface area contributed by atoms with E-state index in [4.69, 9.17) is 9.15 Å². The van der Waals surface area contributed by atoms with Gasteiger partial charge in [0, 0.05) is 45.1 Å². The van der Waals surface area contributed by atoms with Gasteiger partial charge < -0.3 is 9.15 Å². The molecule has 0 saturated heterocycles. The first kappa shape index (κ1) is 22.5. The van der Waals surface area contributed by atoms with Crippen molar-refractivity contribution in [1.82, 2.24) is 9.97 Å².